The predicted molar refractivity (Wildman–Crippen MR) is 126 cm³/mol. The van der Waals surface area contributed by atoms with Crippen LogP contribution in [0.25, 0.3) is 11.4 Å². The summed E-state index contributed by atoms with van der Waals surface area (Å²) in [6, 6.07) is 10.5. The van der Waals surface area contributed by atoms with Crippen molar-refractivity contribution < 1.29 is 23.1 Å². The maximum Gasteiger partial charge on any atom is 0.243 e. The lowest BCUT2D eigenvalue weighted by Crippen LogP contribution is -2.34. The van der Waals surface area contributed by atoms with E-state index in [-0.39, 0.29) is 23.9 Å². The largest absolute Gasteiger partial charge is 0.497 e. The van der Waals surface area contributed by atoms with Gasteiger partial charge in [0.1, 0.15) is 5.75 Å². The minimum absolute atomic E-state index is 0.0331. The highest BCUT2D eigenvalue weighted by atomic mass is 32.2. The van der Waals surface area contributed by atoms with Crippen molar-refractivity contribution in [1.82, 2.24) is 20.1 Å². The fourth-order valence-electron chi connectivity index (χ4n) is 3.01. The number of methoxy groups -OCH3 is 1. The molecule has 0 bridgehead atoms. The van der Waals surface area contributed by atoms with Crippen molar-refractivity contribution in [2.75, 3.05) is 24.7 Å². The van der Waals surface area contributed by atoms with Gasteiger partial charge in [-0.3, -0.25) is 9.59 Å². The van der Waals surface area contributed by atoms with Gasteiger partial charge in [-0.1, -0.05) is 25.1 Å². The Bertz CT molecular complexity index is 1140. The zero-order valence-corrected chi connectivity index (χ0v) is 19.6. The Hall–Kier alpha value is -3.47. The molecule has 11 heteroatoms. The van der Waals surface area contributed by atoms with Gasteiger partial charge in [0.15, 0.2) is 22.6 Å². The van der Waals surface area contributed by atoms with Crippen LogP contribution in [0.1, 0.15) is 19.8 Å². The summed E-state index contributed by atoms with van der Waals surface area (Å²) in [7, 11) is 1.60. The highest BCUT2D eigenvalue weighted by Crippen LogP contribution is 2.26. The molecule has 0 fully saturated rings. The first-order valence-electron chi connectivity index (χ1n) is 10.6. The van der Waals surface area contributed by atoms with E-state index in [2.05, 4.69) is 27.8 Å². The van der Waals surface area contributed by atoms with E-state index in [9.17, 15) is 18.4 Å². The normalized spacial score (nSPS) is 10.7. The first-order valence-corrected chi connectivity index (χ1v) is 11.6. The number of benzene rings is 2. The van der Waals surface area contributed by atoms with Gasteiger partial charge in [-0.2, -0.15) is 0 Å². The summed E-state index contributed by atoms with van der Waals surface area (Å²) in [6.07, 6.45) is 1.91. The number of amides is 2. The number of thioether (sulfide) groups is 1. The molecule has 8 nitrogen and oxygen atoms in total. The molecule has 0 atom stereocenters. The van der Waals surface area contributed by atoms with Crippen molar-refractivity contribution in [2.45, 2.75) is 31.5 Å². The third kappa shape index (κ3) is 6.77. The number of halogens is 2. The molecule has 3 aromatic rings. The highest BCUT2D eigenvalue weighted by Gasteiger charge is 2.16. The fourth-order valence-corrected chi connectivity index (χ4v) is 3.80. The summed E-state index contributed by atoms with van der Waals surface area (Å²) >= 11 is 1.22. The zero-order chi connectivity index (χ0) is 24.5. The number of rotatable bonds is 11. The summed E-state index contributed by atoms with van der Waals surface area (Å²) in [5.41, 5.74) is 0.984. The second-order valence-corrected chi connectivity index (χ2v) is 8.22. The van der Waals surface area contributed by atoms with Gasteiger partial charge in [-0.15, -0.1) is 10.2 Å². The number of unbranched alkanes of at least 4 members (excludes halogenated alkanes) is 1. The molecule has 0 radical (unpaired) electrons. The van der Waals surface area contributed by atoms with Crippen molar-refractivity contribution in [3.63, 3.8) is 0 Å². The van der Waals surface area contributed by atoms with Crippen molar-refractivity contribution in [2.24, 2.45) is 0 Å². The Kier molecular flexibility index (Phi) is 8.97. The summed E-state index contributed by atoms with van der Waals surface area (Å²) in [5, 5.41) is 14.0. The average molecular weight is 490 g/mol. The number of hydrogen-bond acceptors (Lipinski definition) is 6. The number of hydrogen-bond donors (Lipinski definition) is 2. The van der Waals surface area contributed by atoms with Crippen molar-refractivity contribution in [3.8, 4) is 17.1 Å². The van der Waals surface area contributed by atoms with E-state index in [1.807, 2.05) is 28.8 Å². The summed E-state index contributed by atoms with van der Waals surface area (Å²) in [4.78, 5) is 24.2. The van der Waals surface area contributed by atoms with Gasteiger partial charge >= 0.3 is 0 Å². The summed E-state index contributed by atoms with van der Waals surface area (Å²) < 4.78 is 33.4. The van der Waals surface area contributed by atoms with Crippen LogP contribution in [0.2, 0.25) is 0 Å². The lowest BCUT2D eigenvalue weighted by Gasteiger charge is -2.10. The average Bonchev–Trinajstić information content (AvgIpc) is 3.25. The third-order valence-electron chi connectivity index (χ3n) is 4.78. The van der Waals surface area contributed by atoms with Crippen molar-refractivity contribution >= 4 is 29.3 Å². The molecule has 0 aliphatic carbocycles. The molecule has 0 spiro atoms. The molecule has 2 N–H and O–H groups in total. The van der Waals surface area contributed by atoms with Gasteiger partial charge < -0.3 is 19.9 Å². The number of carbonyl (C=O) groups is 2. The molecule has 3 rings (SSSR count). The van der Waals surface area contributed by atoms with Crippen molar-refractivity contribution in [3.05, 3.63) is 54.1 Å². The maximum absolute atomic E-state index is 13.2. The Morgan fingerprint density at radius 1 is 1.06 bits per heavy atom. The zero-order valence-electron chi connectivity index (χ0n) is 18.8. The maximum atomic E-state index is 13.2. The van der Waals surface area contributed by atoms with Crippen LogP contribution in [0.5, 0.6) is 5.75 Å². The highest BCUT2D eigenvalue weighted by molar-refractivity contribution is 7.99. The van der Waals surface area contributed by atoms with Crippen LogP contribution in [0.15, 0.2) is 47.6 Å². The molecule has 34 heavy (non-hydrogen) atoms. The molecular formula is C23H25F2N5O3S. The topological polar surface area (TPSA) is 98.1 Å². The molecule has 1 heterocycles. The molecular weight excluding hydrogens is 464 g/mol. The molecule has 0 unspecified atom stereocenters. The second-order valence-electron chi connectivity index (χ2n) is 7.28. The molecule has 0 aliphatic heterocycles. The summed E-state index contributed by atoms with van der Waals surface area (Å²) in [5.74, 6) is -1.54. The number of nitrogens with zero attached hydrogens (tertiary/aromatic N) is 3. The van der Waals surface area contributed by atoms with Gasteiger partial charge in [-0.05, 0) is 42.8 Å². The fraction of sp³-hybridized carbons (Fsp3) is 0.304. The molecule has 0 saturated heterocycles. The first kappa shape index (κ1) is 25.2. The SMILES string of the molecule is CCCCn1c(SCC(=O)NCC(=O)Nc2ccc(F)c(F)c2)nnc1-c1ccc(OC)cc1. The predicted octanol–water partition coefficient (Wildman–Crippen LogP) is 3.88. The number of anilines is 1. The van der Waals surface area contributed by atoms with E-state index < -0.39 is 17.5 Å². The van der Waals surface area contributed by atoms with Crippen LogP contribution in [0, 0.1) is 11.6 Å². The first-order chi connectivity index (χ1) is 16.4. The van der Waals surface area contributed by atoms with E-state index in [0.29, 0.717) is 17.5 Å². The van der Waals surface area contributed by atoms with E-state index >= 15 is 0 Å². The lowest BCUT2D eigenvalue weighted by molar-refractivity contribution is -0.122. The number of aromatic nitrogens is 3. The van der Waals surface area contributed by atoms with Crippen LogP contribution in [-0.4, -0.2) is 46.0 Å². The second kappa shape index (κ2) is 12.1. The van der Waals surface area contributed by atoms with E-state index in [1.54, 1.807) is 7.11 Å². The van der Waals surface area contributed by atoms with Gasteiger partial charge in [-0.25, -0.2) is 8.78 Å². The van der Waals surface area contributed by atoms with Crippen LogP contribution < -0.4 is 15.4 Å². The summed E-state index contributed by atoms with van der Waals surface area (Å²) in [6.45, 7) is 2.48. The van der Waals surface area contributed by atoms with E-state index in [0.717, 1.165) is 36.3 Å². The standard InChI is InChI=1S/C23H25F2N5O3S/c1-3-4-11-30-22(15-5-8-17(33-2)9-6-15)28-29-23(30)34-14-21(32)26-13-20(31)27-16-7-10-18(24)19(25)12-16/h5-10,12H,3-4,11,13-14H2,1-2H3,(H,26,32)(H,27,31). The molecule has 0 aliphatic rings. The van der Waals surface area contributed by atoms with Crippen LogP contribution in [0.3, 0.4) is 0 Å². The molecule has 180 valence electrons. The van der Waals surface area contributed by atoms with E-state index in [1.165, 1.54) is 17.8 Å². The monoisotopic (exact) mass is 489 g/mol. The Labute approximate surface area is 200 Å². The van der Waals surface area contributed by atoms with E-state index in [4.69, 9.17) is 4.74 Å². The van der Waals surface area contributed by atoms with Crippen LogP contribution >= 0.6 is 11.8 Å². The minimum Gasteiger partial charge on any atom is -0.497 e. The smallest absolute Gasteiger partial charge is 0.243 e. The Balaban J connectivity index is 1.57. The molecule has 1 aromatic heterocycles. The van der Waals surface area contributed by atoms with Crippen LogP contribution in [-0.2, 0) is 16.1 Å². The lowest BCUT2D eigenvalue weighted by atomic mass is 10.2. The quantitative estimate of drug-likeness (QED) is 0.397. The van der Waals surface area contributed by atoms with Gasteiger partial charge in [0.2, 0.25) is 11.8 Å². The molecule has 2 amide bonds. The number of carbonyl (C=O) groups excluding carboxylic acids is 2. The van der Waals surface area contributed by atoms with Gasteiger partial charge in [0.25, 0.3) is 0 Å². The Morgan fingerprint density at radius 3 is 2.50 bits per heavy atom. The molecule has 2 aromatic carbocycles. The molecule has 0 saturated carbocycles. The van der Waals surface area contributed by atoms with Gasteiger partial charge in [0, 0.05) is 23.9 Å². The minimum atomic E-state index is -1.07. The van der Waals surface area contributed by atoms with Crippen LogP contribution in [0.4, 0.5) is 14.5 Å². The van der Waals surface area contributed by atoms with Gasteiger partial charge in [0.05, 0.1) is 19.4 Å². The number of ether oxygens (including phenoxy) is 1. The van der Waals surface area contributed by atoms with Crippen molar-refractivity contribution in [1.29, 1.82) is 0 Å². The Morgan fingerprint density at radius 2 is 1.82 bits per heavy atom. The third-order valence-corrected chi connectivity index (χ3v) is 5.75. The number of nitrogens with one attached hydrogen (secondary N) is 2.